The Labute approximate surface area is 122 Å². The molecule has 0 spiro atoms. The third kappa shape index (κ3) is 4.48. The molecule has 5 heteroatoms. The van der Waals surface area contributed by atoms with Gasteiger partial charge in [-0.3, -0.25) is 4.68 Å². The van der Waals surface area contributed by atoms with E-state index in [1.165, 1.54) is 5.56 Å². The van der Waals surface area contributed by atoms with E-state index in [4.69, 9.17) is 11.6 Å². The van der Waals surface area contributed by atoms with Crippen LogP contribution in [-0.4, -0.2) is 47.4 Å². The summed E-state index contributed by atoms with van der Waals surface area (Å²) in [5.41, 5.74) is 2.21. The molecule has 110 valence electrons. The van der Waals surface area contributed by atoms with Crippen molar-refractivity contribution in [1.29, 1.82) is 0 Å². The van der Waals surface area contributed by atoms with Crippen molar-refractivity contribution in [3.8, 4) is 0 Å². The van der Waals surface area contributed by atoms with E-state index in [9.17, 15) is 0 Å². The fourth-order valence-electron chi connectivity index (χ4n) is 2.38. The lowest BCUT2D eigenvalue weighted by Crippen LogP contribution is -2.34. The third-order valence-electron chi connectivity index (χ3n) is 3.82. The number of nitrogens with zero attached hydrogens (tertiary/aromatic N) is 3. The van der Waals surface area contributed by atoms with Gasteiger partial charge in [0.25, 0.3) is 0 Å². The Hall–Kier alpha value is -0.580. The van der Waals surface area contributed by atoms with Gasteiger partial charge in [-0.25, -0.2) is 0 Å². The first-order chi connectivity index (χ1) is 9.03. The topological polar surface area (TPSA) is 33.1 Å². The van der Waals surface area contributed by atoms with Crippen molar-refractivity contribution >= 4 is 11.6 Å². The van der Waals surface area contributed by atoms with Crippen LogP contribution < -0.4 is 5.32 Å². The number of rotatable bonds is 8. The Morgan fingerprint density at radius 2 is 2.00 bits per heavy atom. The van der Waals surface area contributed by atoms with Crippen LogP contribution in [0.15, 0.2) is 0 Å². The second-order valence-corrected chi connectivity index (χ2v) is 5.34. The molecule has 1 N–H and O–H groups in total. The summed E-state index contributed by atoms with van der Waals surface area (Å²) >= 11 is 6.29. The van der Waals surface area contributed by atoms with Crippen molar-refractivity contribution in [3.05, 3.63) is 16.4 Å². The average molecular weight is 287 g/mol. The maximum Gasteiger partial charge on any atom is 0.130 e. The number of aromatic nitrogens is 2. The first-order valence-electron chi connectivity index (χ1n) is 7.11. The standard InChI is InChI=1S/C14H27ClN4/c1-6-19(7-2)9-8-12(16-4)10-13-11(3)17-18(5)14(13)15/h12,16H,6-10H2,1-5H3. The Bertz CT molecular complexity index is 385. The summed E-state index contributed by atoms with van der Waals surface area (Å²) in [5, 5.41) is 8.53. The third-order valence-corrected chi connectivity index (χ3v) is 4.29. The first kappa shape index (κ1) is 16.5. The van der Waals surface area contributed by atoms with Crippen LogP contribution in [0, 0.1) is 6.92 Å². The van der Waals surface area contributed by atoms with Gasteiger partial charge in [0, 0.05) is 18.7 Å². The van der Waals surface area contributed by atoms with Gasteiger partial charge in [0.1, 0.15) is 5.15 Å². The van der Waals surface area contributed by atoms with Crippen LogP contribution in [0.1, 0.15) is 31.5 Å². The maximum atomic E-state index is 6.29. The average Bonchev–Trinajstić information content (AvgIpc) is 2.64. The normalized spacial score (nSPS) is 13.2. The van der Waals surface area contributed by atoms with Crippen molar-refractivity contribution in [3.63, 3.8) is 0 Å². The summed E-state index contributed by atoms with van der Waals surface area (Å²) in [7, 11) is 3.91. The molecule has 0 aliphatic heterocycles. The van der Waals surface area contributed by atoms with Crippen LogP contribution in [0.5, 0.6) is 0 Å². The SMILES string of the molecule is CCN(CC)CCC(Cc1c(C)nn(C)c1Cl)NC. The molecule has 0 saturated heterocycles. The van der Waals surface area contributed by atoms with E-state index in [0.29, 0.717) is 6.04 Å². The Morgan fingerprint density at radius 1 is 1.37 bits per heavy atom. The molecule has 0 radical (unpaired) electrons. The van der Waals surface area contributed by atoms with Gasteiger partial charge in [-0.05, 0) is 46.4 Å². The molecular weight excluding hydrogens is 260 g/mol. The lowest BCUT2D eigenvalue weighted by molar-refractivity contribution is 0.283. The van der Waals surface area contributed by atoms with Gasteiger partial charge in [-0.15, -0.1) is 0 Å². The van der Waals surface area contributed by atoms with Gasteiger partial charge in [-0.2, -0.15) is 5.10 Å². The zero-order valence-corrected chi connectivity index (χ0v) is 13.6. The molecule has 0 saturated carbocycles. The van der Waals surface area contributed by atoms with Gasteiger partial charge in [0.2, 0.25) is 0 Å². The van der Waals surface area contributed by atoms with Crippen LogP contribution in [0.25, 0.3) is 0 Å². The minimum atomic E-state index is 0.445. The van der Waals surface area contributed by atoms with Crippen molar-refractivity contribution in [2.75, 3.05) is 26.7 Å². The van der Waals surface area contributed by atoms with Gasteiger partial charge >= 0.3 is 0 Å². The van der Waals surface area contributed by atoms with Crippen molar-refractivity contribution in [2.45, 2.75) is 39.7 Å². The highest BCUT2D eigenvalue weighted by atomic mass is 35.5. The number of halogens is 1. The van der Waals surface area contributed by atoms with Gasteiger partial charge in [0.05, 0.1) is 5.69 Å². The lowest BCUT2D eigenvalue weighted by atomic mass is 10.0. The second-order valence-electron chi connectivity index (χ2n) is 4.98. The quantitative estimate of drug-likeness (QED) is 0.796. The van der Waals surface area contributed by atoms with Crippen LogP contribution in [0.2, 0.25) is 5.15 Å². The van der Waals surface area contributed by atoms with Crippen molar-refractivity contribution < 1.29 is 0 Å². The van der Waals surface area contributed by atoms with E-state index in [0.717, 1.165) is 43.3 Å². The monoisotopic (exact) mass is 286 g/mol. The Kier molecular flexibility index (Phi) is 6.83. The number of hydrogen-bond donors (Lipinski definition) is 1. The van der Waals surface area contributed by atoms with E-state index < -0.39 is 0 Å². The van der Waals surface area contributed by atoms with Crippen LogP contribution in [0.4, 0.5) is 0 Å². The summed E-state index contributed by atoms with van der Waals surface area (Å²) in [6, 6.07) is 0.445. The highest BCUT2D eigenvalue weighted by Gasteiger charge is 2.16. The molecule has 0 amide bonds. The van der Waals surface area contributed by atoms with Crippen LogP contribution >= 0.6 is 11.6 Å². The van der Waals surface area contributed by atoms with Gasteiger partial charge in [-0.1, -0.05) is 25.4 Å². The molecule has 19 heavy (non-hydrogen) atoms. The van der Waals surface area contributed by atoms with E-state index >= 15 is 0 Å². The van der Waals surface area contributed by atoms with Gasteiger partial charge in [0.15, 0.2) is 0 Å². The maximum absolute atomic E-state index is 6.29. The van der Waals surface area contributed by atoms with E-state index in [1.54, 1.807) is 4.68 Å². The predicted octanol–water partition coefficient (Wildman–Crippen LogP) is 2.24. The van der Waals surface area contributed by atoms with E-state index in [-0.39, 0.29) is 0 Å². The minimum Gasteiger partial charge on any atom is -0.317 e. The van der Waals surface area contributed by atoms with E-state index in [1.807, 2.05) is 21.0 Å². The lowest BCUT2D eigenvalue weighted by Gasteiger charge is -2.22. The molecule has 0 aromatic carbocycles. The molecule has 1 atom stereocenters. The molecule has 0 fully saturated rings. The molecule has 1 aromatic heterocycles. The van der Waals surface area contributed by atoms with Crippen molar-refractivity contribution in [2.24, 2.45) is 7.05 Å². The predicted molar refractivity (Wildman–Crippen MR) is 81.9 cm³/mol. The molecule has 0 bridgehead atoms. The fraction of sp³-hybridized carbons (Fsp3) is 0.786. The number of aryl methyl sites for hydroxylation is 2. The van der Waals surface area contributed by atoms with Gasteiger partial charge < -0.3 is 10.2 Å². The highest BCUT2D eigenvalue weighted by Crippen LogP contribution is 2.21. The largest absolute Gasteiger partial charge is 0.317 e. The summed E-state index contributed by atoms with van der Waals surface area (Å²) in [6.07, 6.45) is 2.07. The summed E-state index contributed by atoms with van der Waals surface area (Å²) in [4.78, 5) is 2.45. The number of hydrogen-bond acceptors (Lipinski definition) is 3. The Balaban J connectivity index is 2.61. The Morgan fingerprint density at radius 3 is 2.42 bits per heavy atom. The summed E-state index contributed by atoms with van der Waals surface area (Å²) in [5.74, 6) is 0. The summed E-state index contributed by atoms with van der Waals surface area (Å²) < 4.78 is 1.75. The minimum absolute atomic E-state index is 0.445. The number of nitrogens with one attached hydrogen (secondary N) is 1. The van der Waals surface area contributed by atoms with Crippen molar-refractivity contribution in [1.82, 2.24) is 20.0 Å². The second kappa shape index (κ2) is 7.88. The summed E-state index contributed by atoms with van der Waals surface area (Å²) in [6.45, 7) is 9.78. The molecule has 1 rings (SSSR count). The molecule has 0 aliphatic rings. The molecule has 4 nitrogen and oxygen atoms in total. The van der Waals surface area contributed by atoms with Crippen LogP contribution in [-0.2, 0) is 13.5 Å². The molecule has 1 aromatic rings. The molecule has 0 aliphatic carbocycles. The molecular formula is C14H27ClN4. The van der Waals surface area contributed by atoms with E-state index in [2.05, 4.69) is 29.2 Å². The zero-order chi connectivity index (χ0) is 14.4. The van der Waals surface area contributed by atoms with Crippen LogP contribution in [0.3, 0.4) is 0 Å². The smallest absolute Gasteiger partial charge is 0.130 e. The zero-order valence-electron chi connectivity index (χ0n) is 12.8. The fourth-order valence-corrected chi connectivity index (χ4v) is 2.63. The number of likely N-dealkylation sites (N-methyl/N-ethyl adjacent to an activating group) is 1. The molecule has 1 heterocycles. The first-order valence-corrected chi connectivity index (χ1v) is 7.48. The molecule has 1 unspecified atom stereocenters. The highest BCUT2D eigenvalue weighted by molar-refractivity contribution is 6.30.